The lowest BCUT2D eigenvalue weighted by Crippen LogP contribution is -2.36. The molecule has 2 aromatic rings. The minimum atomic E-state index is 0.474. The normalized spacial score (nSPS) is 17.3. The molecule has 4 heteroatoms. The van der Waals surface area contributed by atoms with Gasteiger partial charge in [-0.05, 0) is 41.8 Å². The van der Waals surface area contributed by atoms with Crippen LogP contribution in [0.3, 0.4) is 0 Å². The Morgan fingerprint density at radius 2 is 2.26 bits per heavy atom. The molecule has 1 atom stereocenters. The highest BCUT2D eigenvalue weighted by Crippen LogP contribution is 2.23. The Kier molecular flexibility index (Phi) is 4.33. The van der Waals surface area contributed by atoms with E-state index >= 15 is 0 Å². The summed E-state index contributed by atoms with van der Waals surface area (Å²) in [5.74, 6) is 0. The molecule has 2 nitrogen and oxygen atoms in total. The van der Waals surface area contributed by atoms with Gasteiger partial charge in [-0.2, -0.15) is 0 Å². The first kappa shape index (κ1) is 13.3. The smallest absolute Gasteiger partial charge is 0.0386 e. The molecule has 3 rings (SSSR count). The second kappa shape index (κ2) is 6.18. The third kappa shape index (κ3) is 3.26. The van der Waals surface area contributed by atoms with Crippen LogP contribution in [0.15, 0.2) is 29.0 Å². The average Bonchev–Trinajstić information content (AvgIpc) is 3.09. The minimum absolute atomic E-state index is 0.474. The third-order valence-electron chi connectivity index (χ3n) is 3.74. The van der Waals surface area contributed by atoms with E-state index in [2.05, 4.69) is 46.1 Å². The fourth-order valence-electron chi connectivity index (χ4n) is 2.58. The molecular formula is C15H20N2S2. The Labute approximate surface area is 123 Å². The van der Waals surface area contributed by atoms with Gasteiger partial charge in [0.2, 0.25) is 0 Å². The maximum absolute atomic E-state index is 3.62. The van der Waals surface area contributed by atoms with Crippen molar-refractivity contribution < 1.29 is 0 Å². The van der Waals surface area contributed by atoms with Gasteiger partial charge in [0.15, 0.2) is 0 Å². The molecule has 102 valence electrons. The molecule has 0 aliphatic carbocycles. The summed E-state index contributed by atoms with van der Waals surface area (Å²) in [5, 5.41) is 8.00. The van der Waals surface area contributed by atoms with Crippen LogP contribution in [-0.4, -0.2) is 24.5 Å². The van der Waals surface area contributed by atoms with Gasteiger partial charge in [-0.25, -0.2) is 0 Å². The molecule has 0 saturated carbocycles. The van der Waals surface area contributed by atoms with Gasteiger partial charge in [-0.15, -0.1) is 22.7 Å². The van der Waals surface area contributed by atoms with E-state index in [0.29, 0.717) is 6.04 Å². The monoisotopic (exact) mass is 292 g/mol. The van der Waals surface area contributed by atoms with E-state index in [9.17, 15) is 0 Å². The van der Waals surface area contributed by atoms with Gasteiger partial charge < -0.3 is 5.32 Å². The lowest BCUT2D eigenvalue weighted by atomic mass is 10.1. The van der Waals surface area contributed by atoms with E-state index in [0.717, 1.165) is 19.6 Å². The zero-order valence-electron chi connectivity index (χ0n) is 11.3. The van der Waals surface area contributed by atoms with E-state index in [1.165, 1.54) is 17.8 Å². The maximum atomic E-state index is 3.62. The molecule has 2 aromatic heterocycles. The van der Waals surface area contributed by atoms with E-state index in [-0.39, 0.29) is 0 Å². The fourth-order valence-corrected chi connectivity index (χ4v) is 4.22. The predicted octanol–water partition coefficient (Wildman–Crippen LogP) is 3.52. The summed E-state index contributed by atoms with van der Waals surface area (Å²) in [6.45, 7) is 6.80. The third-order valence-corrected chi connectivity index (χ3v) is 5.81. The SMILES string of the molecule is CC(NCCN1CCc2sccc2C1)c1cccs1. The summed E-state index contributed by atoms with van der Waals surface area (Å²) < 4.78 is 0. The summed E-state index contributed by atoms with van der Waals surface area (Å²) in [6, 6.07) is 7.09. The Hall–Kier alpha value is -0.680. The second-order valence-corrected chi connectivity index (χ2v) is 7.07. The van der Waals surface area contributed by atoms with Crippen LogP contribution in [0.5, 0.6) is 0 Å². The second-order valence-electron chi connectivity index (χ2n) is 5.09. The number of nitrogens with one attached hydrogen (secondary N) is 1. The van der Waals surface area contributed by atoms with Crippen LogP contribution in [0.25, 0.3) is 0 Å². The van der Waals surface area contributed by atoms with Crippen molar-refractivity contribution in [3.05, 3.63) is 44.3 Å². The summed E-state index contributed by atoms with van der Waals surface area (Å²) in [7, 11) is 0. The average molecular weight is 292 g/mol. The zero-order valence-corrected chi connectivity index (χ0v) is 12.9. The van der Waals surface area contributed by atoms with E-state index in [1.807, 2.05) is 22.7 Å². The number of hydrogen-bond donors (Lipinski definition) is 1. The number of fused-ring (bicyclic) bond motifs is 1. The van der Waals surface area contributed by atoms with Crippen molar-refractivity contribution in [1.29, 1.82) is 0 Å². The highest BCUT2D eigenvalue weighted by molar-refractivity contribution is 7.10. The van der Waals surface area contributed by atoms with Crippen LogP contribution in [0, 0.1) is 0 Å². The molecule has 3 heterocycles. The summed E-state index contributed by atoms with van der Waals surface area (Å²) in [6.07, 6.45) is 1.23. The van der Waals surface area contributed by atoms with Crippen molar-refractivity contribution in [3.63, 3.8) is 0 Å². The Bertz CT molecular complexity index is 504. The van der Waals surface area contributed by atoms with Crippen molar-refractivity contribution in [2.75, 3.05) is 19.6 Å². The van der Waals surface area contributed by atoms with Crippen LogP contribution in [0.1, 0.15) is 28.3 Å². The molecule has 1 aliphatic rings. The Morgan fingerprint density at radius 3 is 3.11 bits per heavy atom. The fraction of sp³-hybridized carbons (Fsp3) is 0.467. The first-order valence-electron chi connectivity index (χ1n) is 6.87. The lowest BCUT2D eigenvalue weighted by molar-refractivity contribution is 0.253. The Morgan fingerprint density at radius 1 is 1.32 bits per heavy atom. The number of hydrogen-bond acceptors (Lipinski definition) is 4. The minimum Gasteiger partial charge on any atom is -0.308 e. The lowest BCUT2D eigenvalue weighted by Gasteiger charge is -2.27. The highest BCUT2D eigenvalue weighted by atomic mass is 32.1. The van der Waals surface area contributed by atoms with Gasteiger partial charge >= 0.3 is 0 Å². The van der Waals surface area contributed by atoms with Crippen LogP contribution in [0.2, 0.25) is 0 Å². The molecule has 0 saturated heterocycles. The number of thiophene rings is 2. The number of rotatable bonds is 5. The molecule has 0 aromatic carbocycles. The predicted molar refractivity (Wildman–Crippen MR) is 84.0 cm³/mol. The topological polar surface area (TPSA) is 15.3 Å². The van der Waals surface area contributed by atoms with Crippen molar-refractivity contribution >= 4 is 22.7 Å². The molecule has 1 unspecified atom stereocenters. The van der Waals surface area contributed by atoms with Crippen molar-refractivity contribution in [2.24, 2.45) is 0 Å². The molecule has 1 N–H and O–H groups in total. The molecule has 19 heavy (non-hydrogen) atoms. The quantitative estimate of drug-likeness (QED) is 0.907. The van der Waals surface area contributed by atoms with Crippen molar-refractivity contribution in [2.45, 2.75) is 25.9 Å². The van der Waals surface area contributed by atoms with Crippen LogP contribution in [0.4, 0.5) is 0 Å². The zero-order chi connectivity index (χ0) is 13.1. The first-order valence-corrected chi connectivity index (χ1v) is 8.63. The molecule has 0 fully saturated rings. The van der Waals surface area contributed by atoms with Gasteiger partial charge in [0.1, 0.15) is 0 Å². The molecule has 1 aliphatic heterocycles. The van der Waals surface area contributed by atoms with Gasteiger partial charge in [-0.3, -0.25) is 4.90 Å². The van der Waals surface area contributed by atoms with E-state index in [4.69, 9.17) is 0 Å². The molecule has 0 spiro atoms. The molecule has 0 radical (unpaired) electrons. The standard InChI is InChI=1S/C15H20N2S2/c1-12(14-3-2-9-18-14)16-6-8-17-7-4-15-13(11-17)5-10-19-15/h2-3,5,9-10,12,16H,4,6-8,11H2,1H3. The van der Waals surface area contributed by atoms with Crippen molar-refractivity contribution in [1.82, 2.24) is 10.2 Å². The molecular weight excluding hydrogens is 272 g/mol. The highest BCUT2D eigenvalue weighted by Gasteiger charge is 2.16. The summed E-state index contributed by atoms with van der Waals surface area (Å²) >= 11 is 3.75. The first-order chi connectivity index (χ1) is 9.33. The molecule has 0 amide bonds. The van der Waals surface area contributed by atoms with Crippen LogP contribution in [-0.2, 0) is 13.0 Å². The van der Waals surface area contributed by atoms with Gasteiger partial charge in [0.05, 0.1) is 0 Å². The van der Waals surface area contributed by atoms with E-state index in [1.54, 1.807) is 10.4 Å². The maximum Gasteiger partial charge on any atom is 0.0386 e. The summed E-state index contributed by atoms with van der Waals surface area (Å²) in [4.78, 5) is 5.58. The Balaban J connectivity index is 1.44. The van der Waals surface area contributed by atoms with E-state index < -0.39 is 0 Å². The summed E-state index contributed by atoms with van der Waals surface area (Å²) in [5.41, 5.74) is 1.54. The van der Waals surface area contributed by atoms with Crippen LogP contribution < -0.4 is 5.32 Å². The largest absolute Gasteiger partial charge is 0.308 e. The van der Waals surface area contributed by atoms with Crippen LogP contribution >= 0.6 is 22.7 Å². The number of nitrogens with zero attached hydrogens (tertiary/aromatic N) is 1. The van der Waals surface area contributed by atoms with Gasteiger partial charge in [0.25, 0.3) is 0 Å². The van der Waals surface area contributed by atoms with Gasteiger partial charge in [0, 0.05) is 42.0 Å². The van der Waals surface area contributed by atoms with Crippen molar-refractivity contribution in [3.8, 4) is 0 Å². The molecule has 0 bridgehead atoms. The van der Waals surface area contributed by atoms with Gasteiger partial charge in [-0.1, -0.05) is 6.07 Å².